The van der Waals surface area contributed by atoms with Crippen LogP contribution in [0.4, 0.5) is 5.69 Å². The second-order valence-electron chi connectivity index (χ2n) is 1.70. The van der Waals surface area contributed by atoms with Crippen LogP contribution in [0.5, 0.6) is 0 Å². The van der Waals surface area contributed by atoms with Gasteiger partial charge in [0.2, 0.25) is 0 Å². The smallest absolute Gasteiger partial charge is 0.0582 e. The quantitative estimate of drug-likeness (QED) is 0.637. The Morgan fingerprint density at radius 1 is 1.44 bits per heavy atom. The van der Waals surface area contributed by atoms with E-state index in [4.69, 9.17) is 0 Å². The van der Waals surface area contributed by atoms with E-state index < -0.39 is 0 Å². The molecule has 0 amide bonds. The van der Waals surface area contributed by atoms with Gasteiger partial charge in [0.1, 0.15) is 0 Å². The lowest BCUT2D eigenvalue weighted by atomic mass is 10.3. The van der Waals surface area contributed by atoms with Crippen molar-refractivity contribution in [3.05, 3.63) is 28.7 Å². The summed E-state index contributed by atoms with van der Waals surface area (Å²) in [5.41, 5.74) is 1.00. The first-order valence-corrected chi connectivity index (χ1v) is 3.47. The highest BCUT2D eigenvalue weighted by Gasteiger charge is 1.87. The van der Waals surface area contributed by atoms with Crippen molar-refractivity contribution in [2.45, 2.75) is 0 Å². The van der Waals surface area contributed by atoms with Crippen molar-refractivity contribution >= 4 is 21.6 Å². The maximum absolute atomic E-state index is 4.00. The average Bonchev–Trinajstić information content (AvgIpc) is 1.88. The van der Waals surface area contributed by atoms with Crippen molar-refractivity contribution in [3.8, 4) is 0 Å². The van der Waals surface area contributed by atoms with Gasteiger partial charge in [0.05, 0.1) is 5.69 Å². The van der Waals surface area contributed by atoms with Gasteiger partial charge in [0.15, 0.2) is 0 Å². The molecule has 1 rings (SSSR count). The highest BCUT2D eigenvalue weighted by Crippen LogP contribution is 2.14. The van der Waals surface area contributed by atoms with E-state index in [-0.39, 0.29) is 0 Å². The lowest BCUT2D eigenvalue weighted by Crippen LogP contribution is -1.83. The summed E-state index contributed by atoms with van der Waals surface area (Å²) < 4.78 is 1.07. The topological polar surface area (TPSA) is 14.1 Å². The normalized spacial score (nSPS) is 9.11. The van der Waals surface area contributed by atoms with Gasteiger partial charge in [-0.2, -0.15) is 0 Å². The summed E-state index contributed by atoms with van der Waals surface area (Å²) in [4.78, 5) is 0. The van der Waals surface area contributed by atoms with Crippen molar-refractivity contribution < 1.29 is 0 Å². The molecule has 0 spiro atoms. The molecule has 0 aliphatic rings. The van der Waals surface area contributed by atoms with E-state index >= 15 is 0 Å². The second kappa shape index (κ2) is 2.87. The Bertz CT molecular complexity index is 198. The van der Waals surface area contributed by atoms with Crippen LogP contribution in [0.2, 0.25) is 0 Å². The summed E-state index contributed by atoms with van der Waals surface area (Å²) in [6, 6.07) is 7.88. The first kappa shape index (κ1) is 6.62. The summed E-state index contributed by atoms with van der Waals surface area (Å²) in [5, 5.41) is 4.00. The van der Waals surface area contributed by atoms with Crippen LogP contribution in [0, 0.1) is 0 Å². The Morgan fingerprint density at radius 2 is 2.22 bits per heavy atom. The zero-order valence-electron chi connectivity index (χ0n) is 5.13. The lowest BCUT2D eigenvalue weighted by Gasteiger charge is -1.94. The Balaban J connectivity index is 2.94. The van der Waals surface area contributed by atoms with Crippen LogP contribution in [0.25, 0.3) is 0 Å². The van der Waals surface area contributed by atoms with E-state index in [1.54, 1.807) is 7.05 Å². The van der Waals surface area contributed by atoms with E-state index in [1.807, 2.05) is 24.3 Å². The zero-order chi connectivity index (χ0) is 6.69. The fraction of sp³-hybridized carbons (Fsp3) is 0.143. The third-order valence-corrected chi connectivity index (χ3v) is 1.56. The summed E-state index contributed by atoms with van der Waals surface area (Å²) in [5.74, 6) is 0. The predicted octanol–water partition coefficient (Wildman–Crippen LogP) is 2.31. The van der Waals surface area contributed by atoms with Gasteiger partial charge in [0, 0.05) is 11.5 Å². The van der Waals surface area contributed by atoms with Crippen molar-refractivity contribution in [2.75, 3.05) is 7.05 Å². The lowest BCUT2D eigenvalue weighted by molar-refractivity contribution is 1.09. The molecule has 0 aromatic heterocycles. The van der Waals surface area contributed by atoms with Gasteiger partial charge in [-0.25, -0.2) is 0 Å². The van der Waals surface area contributed by atoms with Gasteiger partial charge < -0.3 is 0 Å². The van der Waals surface area contributed by atoms with Crippen molar-refractivity contribution in [2.24, 2.45) is 0 Å². The summed E-state index contributed by atoms with van der Waals surface area (Å²) in [6.45, 7) is 0. The number of hydrogen-bond donors (Lipinski definition) is 0. The third-order valence-electron chi connectivity index (χ3n) is 1.07. The molecule has 0 unspecified atom stereocenters. The van der Waals surface area contributed by atoms with E-state index in [0.29, 0.717) is 0 Å². The molecule has 2 heteroatoms. The fourth-order valence-electron chi connectivity index (χ4n) is 0.615. The average molecular weight is 185 g/mol. The minimum Gasteiger partial charge on any atom is -0.289 e. The number of benzene rings is 1. The maximum atomic E-state index is 4.00. The third kappa shape index (κ3) is 1.72. The molecule has 0 aliphatic carbocycles. The summed E-state index contributed by atoms with van der Waals surface area (Å²) >= 11 is 3.34. The van der Waals surface area contributed by atoms with Gasteiger partial charge in [-0.05, 0) is 18.2 Å². The number of nitrogens with zero attached hydrogens (tertiary/aromatic N) is 1. The molecule has 9 heavy (non-hydrogen) atoms. The molecule has 1 nitrogen and oxygen atoms in total. The predicted molar refractivity (Wildman–Crippen MR) is 41.9 cm³/mol. The van der Waals surface area contributed by atoms with E-state index in [0.717, 1.165) is 10.2 Å². The van der Waals surface area contributed by atoms with Gasteiger partial charge in [-0.3, -0.25) is 5.32 Å². The van der Waals surface area contributed by atoms with E-state index in [1.165, 1.54) is 0 Å². The molecule has 0 atom stereocenters. The Labute approximate surface area is 63.2 Å². The number of halogens is 1. The number of rotatable bonds is 1. The molecular formula is C7H7BrN. The number of hydrogen-bond acceptors (Lipinski definition) is 0. The second-order valence-corrected chi connectivity index (χ2v) is 2.62. The minimum atomic E-state index is 1.00. The zero-order valence-corrected chi connectivity index (χ0v) is 6.72. The standard InChI is InChI=1S/C7H7BrN/c1-9-7-4-2-3-6(8)5-7/h2-5H,1H3. The van der Waals surface area contributed by atoms with Crippen LogP contribution in [-0.2, 0) is 0 Å². The molecule has 1 aromatic carbocycles. The highest BCUT2D eigenvalue weighted by molar-refractivity contribution is 9.10. The van der Waals surface area contributed by atoms with E-state index in [2.05, 4.69) is 21.2 Å². The molecule has 0 aliphatic heterocycles. The molecule has 1 radical (unpaired) electrons. The van der Waals surface area contributed by atoms with Gasteiger partial charge >= 0.3 is 0 Å². The molecule has 0 bridgehead atoms. The minimum absolute atomic E-state index is 1.00. The molecule has 1 aromatic rings. The van der Waals surface area contributed by atoms with Crippen molar-refractivity contribution in [1.82, 2.24) is 5.32 Å². The van der Waals surface area contributed by atoms with Gasteiger partial charge in [-0.15, -0.1) is 0 Å². The van der Waals surface area contributed by atoms with Crippen LogP contribution in [0.1, 0.15) is 0 Å². The molecule has 0 fully saturated rings. The summed E-state index contributed by atoms with van der Waals surface area (Å²) in [7, 11) is 1.78. The first-order chi connectivity index (χ1) is 4.33. The van der Waals surface area contributed by atoms with Crippen LogP contribution in [0.3, 0.4) is 0 Å². The van der Waals surface area contributed by atoms with Crippen molar-refractivity contribution in [1.29, 1.82) is 0 Å². The summed E-state index contributed by atoms with van der Waals surface area (Å²) in [6.07, 6.45) is 0. The highest BCUT2D eigenvalue weighted by atomic mass is 79.9. The maximum Gasteiger partial charge on any atom is 0.0582 e. The van der Waals surface area contributed by atoms with Crippen molar-refractivity contribution in [3.63, 3.8) is 0 Å². The molecule has 0 N–H and O–H groups in total. The molecule has 0 saturated carbocycles. The largest absolute Gasteiger partial charge is 0.289 e. The van der Waals surface area contributed by atoms with Crippen LogP contribution in [0.15, 0.2) is 28.7 Å². The van der Waals surface area contributed by atoms with Gasteiger partial charge in [0.25, 0.3) is 0 Å². The first-order valence-electron chi connectivity index (χ1n) is 2.68. The van der Waals surface area contributed by atoms with Crippen LogP contribution in [-0.4, -0.2) is 7.05 Å². The SMILES string of the molecule is C[N]c1cccc(Br)c1. The Kier molecular flexibility index (Phi) is 2.11. The molecule has 47 valence electrons. The Morgan fingerprint density at radius 3 is 2.67 bits per heavy atom. The fourth-order valence-corrected chi connectivity index (χ4v) is 1.00. The molecule has 0 saturated heterocycles. The van der Waals surface area contributed by atoms with Crippen LogP contribution < -0.4 is 5.32 Å². The van der Waals surface area contributed by atoms with Gasteiger partial charge in [-0.1, -0.05) is 22.0 Å². The Hall–Kier alpha value is -0.500. The van der Waals surface area contributed by atoms with E-state index in [9.17, 15) is 0 Å². The monoisotopic (exact) mass is 184 g/mol. The van der Waals surface area contributed by atoms with Crippen LogP contribution >= 0.6 is 15.9 Å². The molecule has 0 heterocycles. The molecular weight excluding hydrogens is 178 g/mol.